The molecule has 4 rings (SSSR count). The highest BCUT2D eigenvalue weighted by atomic mass is 16.5. The summed E-state index contributed by atoms with van der Waals surface area (Å²) in [5.74, 6) is 2.26. The van der Waals surface area contributed by atoms with Crippen LogP contribution in [0.2, 0.25) is 0 Å². The standard InChI is InChI=1S/C27H35N5O/c1-20-9-11-24(12-10-20)26-25(8-5-15-33-26)18-31-27(28-3)30-17-22-6-4-7-23(16-22)19-32-14-13-29-21(32)2/h4,6-7,9-14,16,25-26H,5,8,15,17-19H2,1-3H3,(H2,28,30,31). The van der Waals surface area contributed by atoms with Crippen molar-refractivity contribution in [2.45, 2.75) is 45.9 Å². The highest BCUT2D eigenvalue weighted by molar-refractivity contribution is 5.79. The van der Waals surface area contributed by atoms with Gasteiger partial charge >= 0.3 is 0 Å². The van der Waals surface area contributed by atoms with Gasteiger partial charge in [0.05, 0.1) is 6.10 Å². The van der Waals surface area contributed by atoms with Crippen LogP contribution in [0.25, 0.3) is 0 Å². The molecule has 1 aliphatic heterocycles. The van der Waals surface area contributed by atoms with Crippen LogP contribution in [0.5, 0.6) is 0 Å². The lowest BCUT2D eigenvalue weighted by molar-refractivity contribution is -0.0265. The fourth-order valence-corrected chi connectivity index (χ4v) is 4.42. The van der Waals surface area contributed by atoms with Crippen molar-refractivity contribution in [3.8, 4) is 0 Å². The van der Waals surface area contributed by atoms with E-state index in [0.29, 0.717) is 5.92 Å². The highest BCUT2D eigenvalue weighted by Gasteiger charge is 2.27. The minimum absolute atomic E-state index is 0.133. The molecule has 1 aromatic heterocycles. The molecule has 0 bridgehead atoms. The molecule has 2 aromatic carbocycles. The van der Waals surface area contributed by atoms with Crippen LogP contribution in [-0.4, -0.2) is 35.7 Å². The summed E-state index contributed by atoms with van der Waals surface area (Å²) in [7, 11) is 1.82. The fourth-order valence-electron chi connectivity index (χ4n) is 4.42. The number of guanidine groups is 1. The molecule has 0 aliphatic carbocycles. The maximum atomic E-state index is 6.17. The molecule has 6 heteroatoms. The zero-order valence-electron chi connectivity index (χ0n) is 19.9. The van der Waals surface area contributed by atoms with Crippen LogP contribution in [0, 0.1) is 19.8 Å². The summed E-state index contributed by atoms with van der Waals surface area (Å²) < 4.78 is 8.33. The second kappa shape index (κ2) is 11.1. The van der Waals surface area contributed by atoms with Crippen LogP contribution in [0.4, 0.5) is 0 Å². The topological polar surface area (TPSA) is 63.5 Å². The number of aryl methyl sites for hydroxylation is 2. The van der Waals surface area contributed by atoms with Gasteiger partial charge in [-0.25, -0.2) is 4.98 Å². The van der Waals surface area contributed by atoms with Crippen LogP contribution in [0.1, 0.15) is 47.0 Å². The molecule has 0 saturated carbocycles. The number of rotatable bonds is 7. The fraction of sp³-hybridized carbons (Fsp3) is 0.407. The van der Waals surface area contributed by atoms with E-state index in [9.17, 15) is 0 Å². The summed E-state index contributed by atoms with van der Waals surface area (Å²) in [4.78, 5) is 8.74. The van der Waals surface area contributed by atoms with Crippen molar-refractivity contribution in [1.82, 2.24) is 20.2 Å². The van der Waals surface area contributed by atoms with Gasteiger partial charge in [0.25, 0.3) is 0 Å². The van der Waals surface area contributed by atoms with Crippen molar-refractivity contribution in [2.75, 3.05) is 20.2 Å². The molecule has 33 heavy (non-hydrogen) atoms. The van der Waals surface area contributed by atoms with Gasteiger partial charge in [0.2, 0.25) is 0 Å². The molecule has 0 spiro atoms. The van der Waals surface area contributed by atoms with Crippen molar-refractivity contribution < 1.29 is 4.74 Å². The van der Waals surface area contributed by atoms with Gasteiger partial charge in [0.15, 0.2) is 5.96 Å². The minimum Gasteiger partial charge on any atom is -0.373 e. The lowest BCUT2D eigenvalue weighted by Gasteiger charge is -2.32. The average Bonchev–Trinajstić information content (AvgIpc) is 3.24. The third-order valence-electron chi connectivity index (χ3n) is 6.33. The van der Waals surface area contributed by atoms with E-state index >= 15 is 0 Å². The largest absolute Gasteiger partial charge is 0.373 e. The van der Waals surface area contributed by atoms with Gasteiger partial charge in [-0.05, 0) is 43.4 Å². The first-order chi connectivity index (χ1) is 16.1. The number of nitrogens with zero attached hydrogens (tertiary/aromatic N) is 3. The number of hydrogen-bond donors (Lipinski definition) is 2. The molecule has 1 fully saturated rings. The highest BCUT2D eigenvalue weighted by Crippen LogP contribution is 2.33. The van der Waals surface area contributed by atoms with Crippen molar-refractivity contribution in [1.29, 1.82) is 0 Å². The van der Waals surface area contributed by atoms with E-state index < -0.39 is 0 Å². The Hall–Kier alpha value is -3.12. The predicted molar refractivity (Wildman–Crippen MR) is 133 cm³/mol. The van der Waals surface area contributed by atoms with Crippen LogP contribution in [-0.2, 0) is 17.8 Å². The Labute approximate surface area is 197 Å². The number of benzene rings is 2. The molecule has 2 unspecified atom stereocenters. The van der Waals surface area contributed by atoms with Crippen molar-refractivity contribution in [2.24, 2.45) is 10.9 Å². The van der Waals surface area contributed by atoms with Gasteiger partial charge in [-0.3, -0.25) is 4.99 Å². The Bertz CT molecular complexity index is 1060. The lowest BCUT2D eigenvalue weighted by atomic mass is 9.89. The van der Waals surface area contributed by atoms with Crippen molar-refractivity contribution in [3.05, 3.63) is 89.0 Å². The Morgan fingerprint density at radius 1 is 1.12 bits per heavy atom. The van der Waals surface area contributed by atoms with E-state index in [2.05, 4.69) is 80.6 Å². The average molecular weight is 446 g/mol. The van der Waals surface area contributed by atoms with Crippen LogP contribution < -0.4 is 10.6 Å². The molecule has 3 aromatic rings. The normalized spacial score (nSPS) is 18.8. The van der Waals surface area contributed by atoms with Gasteiger partial charge in [-0.1, -0.05) is 54.1 Å². The Kier molecular flexibility index (Phi) is 7.79. The monoisotopic (exact) mass is 445 g/mol. The van der Waals surface area contributed by atoms with Crippen LogP contribution >= 0.6 is 0 Å². The smallest absolute Gasteiger partial charge is 0.191 e. The van der Waals surface area contributed by atoms with Gasteiger partial charge in [-0.15, -0.1) is 0 Å². The SMILES string of the molecule is CN=C(NCc1cccc(Cn2ccnc2C)c1)NCC1CCCOC1c1ccc(C)cc1. The summed E-state index contributed by atoms with van der Waals surface area (Å²) in [6.45, 7) is 7.36. The Morgan fingerprint density at radius 2 is 1.94 bits per heavy atom. The van der Waals surface area contributed by atoms with E-state index in [1.807, 2.05) is 26.4 Å². The lowest BCUT2D eigenvalue weighted by Crippen LogP contribution is -2.41. The van der Waals surface area contributed by atoms with Gasteiger partial charge in [0.1, 0.15) is 5.82 Å². The number of aliphatic imine (C=N–C) groups is 1. The molecule has 2 heterocycles. The first-order valence-electron chi connectivity index (χ1n) is 11.8. The number of imidazole rings is 1. The maximum absolute atomic E-state index is 6.17. The summed E-state index contributed by atoms with van der Waals surface area (Å²) in [6, 6.07) is 17.4. The van der Waals surface area contributed by atoms with E-state index in [1.165, 1.54) is 22.3 Å². The molecule has 6 nitrogen and oxygen atoms in total. The molecule has 2 N–H and O–H groups in total. The van der Waals surface area contributed by atoms with Gasteiger partial charge in [0, 0.05) is 51.6 Å². The van der Waals surface area contributed by atoms with Crippen LogP contribution in [0.3, 0.4) is 0 Å². The van der Waals surface area contributed by atoms with Crippen LogP contribution in [0.15, 0.2) is 65.9 Å². The molecule has 1 saturated heterocycles. The van der Waals surface area contributed by atoms with E-state index in [4.69, 9.17) is 4.74 Å². The molecule has 1 aliphatic rings. The zero-order chi connectivity index (χ0) is 23.0. The molecule has 174 valence electrons. The first-order valence-corrected chi connectivity index (χ1v) is 11.8. The van der Waals surface area contributed by atoms with Crippen molar-refractivity contribution in [3.63, 3.8) is 0 Å². The third kappa shape index (κ3) is 6.23. The third-order valence-corrected chi connectivity index (χ3v) is 6.33. The number of aromatic nitrogens is 2. The van der Waals surface area contributed by atoms with Gasteiger partial charge < -0.3 is 19.9 Å². The van der Waals surface area contributed by atoms with E-state index in [0.717, 1.165) is 50.9 Å². The Morgan fingerprint density at radius 3 is 2.70 bits per heavy atom. The number of ether oxygens (including phenoxy) is 1. The van der Waals surface area contributed by atoms with Gasteiger partial charge in [-0.2, -0.15) is 0 Å². The maximum Gasteiger partial charge on any atom is 0.191 e. The molecular formula is C27H35N5O. The van der Waals surface area contributed by atoms with E-state index in [1.54, 1.807) is 0 Å². The summed E-state index contributed by atoms with van der Waals surface area (Å²) in [5, 5.41) is 6.99. The molecular weight excluding hydrogens is 410 g/mol. The minimum atomic E-state index is 0.133. The molecule has 2 atom stereocenters. The van der Waals surface area contributed by atoms with Crippen molar-refractivity contribution >= 4 is 5.96 Å². The quantitative estimate of drug-likeness (QED) is 0.418. The molecule has 0 amide bonds. The predicted octanol–water partition coefficient (Wildman–Crippen LogP) is 4.38. The number of hydrogen-bond acceptors (Lipinski definition) is 3. The second-order valence-corrected chi connectivity index (χ2v) is 8.83. The number of nitrogens with one attached hydrogen (secondary N) is 2. The van der Waals surface area contributed by atoms with E-state index in [-0.39, 0.29) is 6.10 Å². The summed E-state index contributed by atoms with van der Waals surface area (Å²) >= 11 is 0. The summed E-state index contributed by atoms with van der Waals surface area (Å²) in [5.41, 5.74) is 5.03. The Balaban J connectivity index is 1.32. The second-order valence-electron chi connectivity index (χ2n) is 8.83. The zero-order valence-corrected chi connectivity index (χ0v) is 19.9. The first kappa shape index (κ1) is 23.1. The molecule has 0 radical (unpaired) electrons. The summed E-state index contributed by atoms with van der Waals surface area (Å²) in [6.07, 6.45) is 6.25.